The van der Waals surface area contributed by atoms with E-state index in [4.69, 9.17) is 10.5 Å². The Morgan fingerprint density at radius 3 is 2.70 bits per heavy atom. The van der Waals surface area contributed by atoms with E-state index in [-0.39, 0.29) is 30.6 Å². The summed E-state index contributed by atoms with van der Waals surface area (Å²) in [4.78, 5) is 41.3. The molecule has 3 N–H and O–H groups in total. The Bertz CT molecular complexity index is 917. The zero-order valence-electron chi connectivity index (χ0n) is 15.9. The molecule has 0 fully saturated rings. The Morgan fingerprint density at radius 2 is 2.07 bits per heavy atom. The van der Waals surface area contributed by atoms with E-state index in [0.717, 1.165) is 18.4 Å². The largest absolute Gasteiger partial charge is 0.383 e. The Balaban J connectivity index is 2.58. The minimum atomic E-state index is -0.692. The molecular formula is C19H26N4O4. The van der Waals surface area contributed by atoms with E-state index < -0.39 is 11.2 Å². The van der Waals surface area contributed by atoms with Crippen molar-refractivity contribution in [3.8, 4) is 0 Å². The first-order valence-electron chi connectivity index (χ1n) is 8.90. The highest BCUT2D eigenvalue weighted by Gasteiger charge is 2.25. The number of hydrogen-bond acceptors (Lipinski definition) is 5. The van der Waals surface area contributed by atoms with Gasteiger partial charge in [-0.25, -0.2) is 4.79 Å². The average molecular weight is 374 g/mol. The number of unbranched alkanes of at least 4 members (excludes halogenated alkanes) is 1. The number of nitrogens with one attached hydrogen (secondary N) is 1. The highest BCUT2D eigenvalue weighted by Crippen LogP contribution is 2.20. The molecule has 2 rings (SSSR count). The molecule has 2 aromatic rings. The predicted octanol–water partition coefficient (Wildman–Crippen LogP) is 1.52. The van der Waals surface area contributed by atoms with Crippen molar-refractivity contribution in [3.63, 3.8) is 0 Å². The number of H-pyrrole nitrogens is 1. The first-order chi connectivity index (χ1) is 12.9. The number of methoxy groups -OCH3 is 1. The maximum absolute atomic E-state index is 13.1. The molecule has 0 saturated heterocycles. The number of nitrogens with zero attached hydrogens (tertiary/aromatic N) is 2. The summed E-state index contributed by atoms with van der Waals surface area (Å²) >= 11 is 0. The summed E-state index contributed by atoms with van der Waals surface area (Å²) in [5.41, 5.74) is 6.19. The second kappa shape index (κ2) is 9.18. The lowest BCUT2D eigenvalue weighted by Crippen LogP contribution is -2.42. The highest BCUT2D eigenvalue weighted by atomic mass is 16.5. The molecule has 0 radical (unpaired) electrons. The fourth-order valence-corrected chi connectivity index (χ4v) is 2.81. The Kier molecular flexibility index (Phi) is 6.95. The number of carbonyl (C=O) groups excluding carboxylic acids is 1. The van der Waals surface area contributed by atoms with Crippen LogP contribution in [0.2, 0.25) is 0 Å². The number of rotatable bonds is 8. The van der Waals surface area contributed by atoms with E-state index in [1.54, 1.807) is 18.2 Å². The van der Waals surface area contributed by atoms with Crippen LogP contribution in [0.5, 0.6) is 0 Å². The van der Waals surface area contributed by atoms with Gasteiger partial charge in [-0.3, -0.25) is 24.0 Å². The molecule has 0 aliphatic rings. The summed E-state index contributed by atoms with van der Waals surface area (Å²) < 4.78 is 6.38. The van der Waals surface area contributed by atoms with E-state index in [9.17, 15) is 14.4 Å². The van der Waals surface area contributed by atoms with E-state index >= 15 is 0 Å². The number of aromatic amines is 1. The first kappa shape index (κ1) is 20.4. The quantitative estimate of drug-likeness (QED) is 0.728. The fraction of sp³-hybridized carbons (Fsp3) is 0.421. The van der Waals surface area contributed by atoms with Gasteiger partial charge < -0.3 is 10.5 Å². The van der Waals surface area contributed by atoms with Gasteiger partial charge in [0.25, 0.3) is 11.5 Å². The molecule has 0 saturated carbocycles. The van der Waals surface area contributed by atoms with Gasteiger partial charge >= 0.3 is 5.69 Å². The van der Waals surface area contributed by atoms with Crippen molar-refractivity contribution < 1.29 is 9.53 Å². The molecule has 8 nitrogen and oxygen atoms in total. The summed E-state index contributed by atoms with van der Waals surface area (Å²) in [6, 6.07) is 7.06. The van der Waals surface area contributed by atoms with Crippen molar-refractivity contribution >= 4 is 17.4 Å². The Morgan fingerprint density at radius 1 is 1.33 bits per heavy atom. The molecule has 146 valence electrons. The molecule has 0 unspecified atom stereocenters. The molecule has 0 bridgehead atoms. The number of aryl methyl sites for hydroxylation is 1. The molecule has 0 atom stereocenters. The third-order valence-corrected chi connectivity index (χ3v) is 4.25. The van der Waals surface area contributed by atoms with Gasteiger partial charge in [0.1, 0.15) is 5.82 Å². The number of nitrogen functional groups attached to an aromatic ring is 1. The lowest BCUT2D eigenvalue weighted by Gasteiger charge is -2.24. The van der Waals surface area contributed by atoms with Crippen molar-refractivity contribution in [3.05, 3.63) is 56.2 Å². The fourth-order valence-electron chi connectivity index (χ4n) is 2.81. The van der Waals surface area contributed by atoms with Crippen LogP contribution in [0.15, 0.2) is 33.9 Å². The lowest BCUT2D eigenvalue weighted by atomic mass is 10.1. The van der Waals surface area contributed by atoms with Crippen LogP contribution in [0.25, 0.3) is 0 Å². The van der Waals surface area contributed by atoms with Crippen LogP contribution in [0, 0.1) is 6.92 Å². The molecule has 0 aliphatic carbocycles. The van der Waals surface area contributed by atoms with Gasteiger partial charge in [-0.05, 0) is 25.5 Å². The number of aromatic nitrogens is 2. The molecule has 1 aromatic heterocycles. The van der Waals surface area contributed by atoms with Crippen LogP contribution in [-0.2, 0) is 11.3 Å². The number of ether oxygens (including phenoxy) is 1. The van der Waals surface area contributed by atoms with Crippen LogP contribution < -0.4 is 21.9 Å². The summed E-state index contributed by atoms with van der Waals surface area (Å²) in [5, 5.41) is 0. The molecule has 1 heterocycles. The van der Waals surface area contributed by atoms with E-state index in [1.807, 2.05) is 19.9 Å². The summed E-state index contributed by atoms with van der Waals surface area (Å²) in [6.07, 6.45) is 1.58. The maximum Gasteiger partial charge on any atom is 0.330 e. The van der Waals surface area contributed by atoms with Gasteiger partial charge in [0.05, 0.1) is 6.61 Å². The number of anilines is 2. The zero-order valence-corrected chi connectivity index (χ0v) is 15.9. The number of nitrogens with two attached hydrogens (primary N) is 1. The van der Waals surface area contributed by atoms with Crippen molar-refractivity contribution in [2.24, 2.45) is 0 Å². The van der Waals surface area contributed by atoms with Crippen LogP contribution in [0.1, 0.15) is 35.7 Å². The van der Waals surface area contributed by atoms with Crippen molar-refractivity contribution in [1.29, 1.82) is 0 Å². The average Bonchev–Trinajstić information content (AvgIpc) is 2.63. The van der Waals surface area contributed by atoms with Gasteiger partial charge in [-0.2, -0.15) is 0 Å². The number of carbonyl (C=O) groups is 1. The van der Waals surface area contributed by atoms with E-state index in [0.29, 0.717) is 12.1 Å². The molecule has 0 aliphatic heterocycles. The normalized spacial score (nSPS) is 10.8. The standard InChI is InChI=1S/C19H26N4O4/c1-4-5-9-23-16(20)15(17(24)21-19(23)26)22(10-11-27-3)18(25)14-8-6-7-13(2)12-14/h6-8,12H,4-5,9-11,20H2,1-3H3,(H,21,24,26). The van der Waals surface area contributed by atoms with Crippen LogP contribution >= 0.6 is 0 Å². The second-order valence-electron chi connectivity index (χ2n) is 6.32. The van der Waals surface area contributed by atoms with Crippen molar-refractivity contribution in [2.45, 2.75) is 33.2 Å². The summed E-state index contributed by atoms with van der Waals surface area (Å²) in [6.45, 7) is 4.57. The zero-order chi connectivity index (χ0) is 20.0. The highest BCUT2D eigenvalue weighted by molar-refractivity contribution is 6.07. The van der Waals surface area contributed by atoms with Crippen molar-refractivity contribution in [1.82, 2.24) is 9.55 Å². The minimum Gasteiger partial charge on any atom is -0.383 e. The Labute approximate surface area is 157 Å². The topological polar surface area (TPSA) is 110 Å². The van der Waals surface area contributed by atoms with Gasteiger partial charge in [0.2, 0.25) is 0 Å². The molecular weight excluding hydrogens is 348 g/mol. The van der Waals surface area contributed by atoms with Crippen LogP contribution in [0.4, 0.5) is 11.5 Å². The van der Waals surface area contributed by atoms with Gasteiger partial charge in [-0.15, -0.1) is 0 Å². The number of amides is 1. The summed E-state index contributed by atoms with van der Waals surface area (Å²) in [7, 11) is 1.51. The first-order valence-corrected chi connectivity index (χ1v) is 8.90. The number of hydrogen-bond donors (Lipinski definition) is 2. The molecule has 1 aromatic carbocycles. The second-order valence-corrected chi connectivity index (χ2v) is 6.32. The predicted molar refractivity (Wildman–Crippen MR) is 105 cm³/mol. The van der Waals surface area contributed by atoms with Gasteiger partial charge in [-0.1, -0.05) is 31.0 Å². The van der Waals surface area contributed by atoms with Crippen LogP contribution in [-0.4, -0.2) is 35.7 Å². The Hall–Kier alpha value is -2.87. The molecule has 8 heteroatoms. The van der Waals surface area contributed by atoms with Gasteiger partial charge in [0.15, 0.2) is 5.69 Å². The monoisotopic (exact) mass is 374 g/mol. The third-order valence-electron chi connectivity index (χ3n) is 4.25. The molecule has 0 spiro atoms. The maximum atomic E-state index is 13.1. The van der Waals surface area contributed by atoms with Gasteiger partial charge in [0, 0.05) is 25.8 Å². The SMILES string of the molecule is CCCCn1c(N)c(N(CCOC)C(=O)c2cccc(C)c2)c(=O)[nH]c1=O. The number of benzene rings is 1. The summed E-state index contributed by atoms with van der Waals surface area (Å²) in [5.74, 6) is -0.400. The third kappa shape index (κ3) is 4.65. The van der Waals surface area contributed by atoms with E-state index in [2.05, 4.69) is 4.98 Å². The van der Waals surface area contributed by atoms with E-state index in [1.165, 1.54) is 16.6 Å². The minimum absolute atomic E-state index is 0.0192. The van der Waals surface area contributed by atoms with Crippen LogP contribution in [0.3, 0.4) is 0 Å². The molecule has 27 heavy (non-hydrogen) atoms. The lowest BCUT2D eigenvalue weighted by molar-refractivity contribution is 0.0975. The molecule has 1 amide bonds. The smallest absolute Gasteiger partial charge is 0.330 e. The van der Waals surface area contributed by atoms with Crippen molar-refractivity contribution in [2.75, 3.05) is 30.9 Å².